The van der Waals surface area contributed by atoms with Crippen LogP contribution in [0.1, 0.15) is 171 Å². The van der Waals surface area contributed by atoms with Gasteiger partial charge in [-0.3, -0.25) is 62.3 Å². The number of amides is 13. The van der Waals surface area contributed by atoms with E-state index in [2.05, 4.69) is 47.9 Å². The molecule has 33 heteroatoms. The first-order chi connectivity index (χ1) is 53.5. The second kappa shape index (κ2) is 40.4. The van der Waals surface area contributed by atoms with E-state index in [1.54, 1.807) is 90.0 Å². The molecule has 12 N–H and O–H groups in total. The molecule has 114 heavy (non-hydrogen) atoms. The van der Waals surface area contributed by atoms with E-state index < -0.39 is 216 Å². The summed E-state index contributed by atoms with van der Waals surface area (Å²) in [5.74, 6) is -10.7. The standard InChI is InChI=1S/C81H118N14O19/c1-49(73(106)94-40-26-36-60(94)75(108)95-41-27-37-61(95)74(107)93-39-25-35-59(93)71(104)89-57(76(109)110)48-113-79(9,10)11)86-64(98)44-84-68(101)55(46-111-77(3,4)5)87-69(102)56(47-112-78(6,7)8)88-70(103)58-34-24-38-92(58)65(99)45-83-63(97)43-85-72(105)66(50(2)114-80(12,13)14)90-67(100)54(82)42-62(96)91-81(51-28-18-15-19-29-51,52-30-20-16-21-31-52)53-32-22-17-23-33-53/h15-23,28-33,49-50,54-61,66H,24-27,34-48,82H2,1-14H3,(H,83,97)(H,84,101)(H,85,105)(H,86,98)(H,87,102)(H,88,103)(H,89,104)(H,90,100)(H,91,96)(H,109,110)/t49-,50+,54-,55-,56-,57-,58-,59-,60-,61-,66-/m0/s1. The number of likely N-dealkylation sites (tertiary alicyclic amines) is 4. The van der Waals surface area contributed by atoms with Crippen molar-refractivity contribution in [3.05, 3.63) is 108 Å². The van der Waals surface area contributed by atoms with Crippen molar-refractivity contribution in [1.82, 2.24) is 67.5 Å². The third-order valence-corrected chi connectivity index (χ3v) is 19.6. The van der Waals surface area contributed by atoms with Crippen molar-refractivity contribution in [3.8, 4) is 0 Å². The Morgan fingerprint density at radius 2 is 0.842 bits per heavy atom. The quantitative estimate of drug-likeness (QED) is 0.0370. The fraction of sp³-hybridized carbons (Fsp3) is 0.605. The first-order valence-corrected chi connectivity index (χ1v) is 39.1. The van der Waals surface area contributed by atoms with Crippen molar-refractivity contribution < 1.29 is 91.2 Å². The summed E-state index contributed by atoms with van der Waals surface area (Å²) in [4.78, 5) is 200. The van der Waals surface area contributed by atoms with Gasteiger partial charge in [-0.2, -0.15) is 0 Å². The van der Waals surface area contributed by atoms with Gasteiger partial charge in [-0.1, -0.05) is 91.0 Å². The maximum absolute atomic E-state index is 14.4. The molecule has 0 bridgehead atoms. The number of benzene rings is 3. The van der Waals surface area contributed by atoms with Gasteiger partial charge in [0.2, 0.25) is 76.8 Å². The zero-order valence-corrected chi connectivity index (χ0v) is 68.1. The highest BCUT2D eigenvalue weighted by molar-refractivity contribution is 6.00. The fourth-order valence-corrected chi connectivity index (χ4v) is 14.1. The molecule has 4 aliphatic rings. The fourth-order valence-electron chi connectivity index (χ4n) is 14.1. The molecule has 3 aromatic rings. The molecule has 4 fully saturated rings. The van der Waals surface area contributed by atoms with Crippen LogP contribution in [-0.2, 0) is 91.6 Å². The highest BCUT2D eigenvalue weighted by Gasteiger charge is 2.48. The van der Waals surface area contributed by atoms with Crippen LogP contribution in [0.5, 0.6) is 0 Å². The van der Waals surface area contributed by atoms with Gasteiger partial charge in [-0.25, -0.2) is 4.79 Å². The molecule has 13 amide bonds. The minimum Gasteiger partial charge on any atom is -0.480 e. The van der Waals surface area contributed by atoms with Crippen LogP contribution < -0.4 is 53.6 Å². The number of rotatable bonds is 35. The van der Waals surface area contributed by atoms with Crippen molar-refractivity contribution in [3.63, 3.8) is 0 Å². The van der Waals surface area contributed by atoms with Gasteiger partial charge < -0.3 is 97.2 Å². The van der Waals surface area contributed by atoms with E-state index in [9.17, 15) is 72.2 Å². The Bertz CT molecular complexity index is 3780. The summed E-state index contributed by atoms with van der Waals surface area (Å²) in [5.41, 5.74) is 4.24. The lowest BCUT2D eigenvalue weighted by Crippen LogP contribution is -2.60. The molecule has 626 valence electrons. The third kappa shape index (κ3) is 26.3. The van der Waals surface area contributed by atoms with Crippen molar-refractivity contribution in [1.29, 1.82) is 0 Å². The normalized spacial score (nSPS) is 19.2. The lowest BCUT2D eigenvalue weighted by atomic mass is 9.77. The van der Waals surface area contributed by atoms with Gasteiger partial charge in [0.15, 0.2) is 6.04 Å². The van der Waals surface area contributed by atoms with Crippen LogP contribution in [0, 0.1) is 0 Å². The summed E-state index contributed by atoms with van der Waals surface area (Å²) in [5, 5.41) is 33.5. The number of carbonyl (C=O) groups excluding carboxylic acids is 13. The zero-order chi connectivity index (χ0) is 84.2. The van der Waals surface area contributed by atoms with Crippen LogP contribution in [-0.4, -0.2) is 262 Å². The Hall–Kier alpha value is -9.96. The summed E-state index contributed by atoms with van der Waals surface area (Å²) in [6.07, 6.45) is 1.19. The van der Waals surface area contributed by atoms with Crippen molar-refractivity contribution in [2.24, 2.45) is 5.73 Å². The number of aliphatic carboxylic acids is 1. The van der Waals surface area contributed by atoms with Crippen LogP contribution in [0.4, 0.5) is 0 Å². The van der Waals surface area contributed by atoms with Gasteiger partial charge in [0.05, 0.1) is 80.4 Å². The number of nitrogens with zero attached hydrogens (tertiary/aromatic N) is 4. The third-order valence-electron chi connectivity index (χ3n) is 19.6. The lowest BCUT2D eigenvalue weighted by molar-refractivity contribution is -0.151. The number of nitrogens with two attached hydrogens (primary N) is 1. The van der Waals surface area contributed by atoms with Crippen LogP contribution in [0.2, 0.25) is 0 Å². The molecule has 33 nitrogen and oxygen atoms in total. The number of hydrogen-bond acceptors (Lipinski definition) is 19. The number of carbonyl (C=O) groups is 14. The maximum Gasteiger partial charge on any atom is 0.328 e. The molecule has 4 saturated heterocycles. The number of ether oxygens (including phenoxy) is 4. The molecule has 11 atom stereocenters. The molecule has 0 saturated carbocycles. The van der Waals surface area contributed by atoms with E-state index in [1.165, 1.54) is 26.5 Å². The van der Waals surface area contributed by atoms with E-state index >= 15 is 0 Å². The highest BCUT2D eigenvalue weighted by Crippen LogP contribution is 2.37. The van der Waals surface area contributed by atoms with E-state index in [0.29, 0.717) is 32.1 Å². The Balaban J connectivity index is 0.918. The van der Waals surface area contributed by atoms with Gasteiger partial charge in [-0.05, 0) is 165 Å². The summed E-state index contributed by atoms with van der Waals surface area (Å²) in [6.45, 7) is 21.2. The maximum atomic E-state index is 14.4. The van der Waals surface area contributed by atoms with Crippen molar-refractivity contribution in [2.75, 3.05) is 65.6 Å². The van der Waals surface area contributed by atoms with Crippen LogP contribution in [0.25, 0.3) is 0 Å². The minimum absolute atomic E-state index is 0.0824. The molecule has 4 heterocycles. The SMILES string of the molecule is C[C@H](NC(=O)CNC(=O)[C@H](COC(C)(C)C)NC(=O)[C@H](COC(C)(C)C)NC(=O)[C@@H]1CCCN1C(=O)CNC(=O)CNC(=O)[C@@H](NC(=O)[C@@H](N)CC(=O)NC(c1ccccc1)(c1ccccc1)c1ccccc1)[C@@H](C)OC(C)(C)C)C(=O)N1CCC[C@H]1C(=O)N1CCC[C@H]1C(=O)N1CCC[C@H]1C(=O)N[C@@H](COC(C)(C)C)C(=O)O. The molecule has 0 unspecified atom stereocenters. The van der Waals surface area contributed by atoms with Gasteiger partial charge in [-0.15, -0.1) is 0 Å². The van der Waals surface area contributed by atoms with Gasteiger partial charge in [0.1, 0.15) is 53.9 Å². The lowest BCUT2D eigenvalue weighted by Gasteiger charge is -2.37. The second-order valence-electron chi connectivity index (χ2n) is 33.2. The molecule has 3 aromatic carbocycles. The van der Waals surface area contributed by atoms with Crippen LogP contribution in [0.3, 0.4) is 0 Å². The van der Waals surface area contributed by atoms with Crippen molar-refractivity contribution in [2.45, 2.75) is 249 Å². The van der Waals surface area contributed by atoms with Crippen LogP contribution >= 0.6 is 0 Å². The van der Waals surface area contributed by atoms with E-state index in [1.807, 2.05) is 91.0 Å². The smallest absolute Gasteiger partial charge is 0.328 e. The highest BCUT2D eigenvalue weighted by atomic mass is 16.5. The minimum atomic E-state index is -1.49. The molecule has 7 rings (SSSR count). The van der Waals surface area contributed by atoms with E-state index in [4.69, 9.17) is 24.7 Å². The molecular weight excluding hydrogens is 1470 g/mol. The zero-order valence-electron chi connectivity index (χ0n) is 68.1. The van der Waals surface area contributed by atoms with E-state index in [-0.39, 0.29) is 52.0 Å². The monoisotopic (exact) mass is 1590 g/mol. The van der Waals surface area contributed by atoms with E-state index in [0.717, 1.165) is 16.7 Å². The average molecular weight is 1590 g/mol. The average Bonchev–Trinajstić information content (AvgIpc) is 1.02. The Morgan fingerprint density at radius 3 is 1.32 bits per heavy atom. The molecule has 0 spiro atoms. The largest absolute Gasteiger partial charge is 0.480 e. The topological polar surface area (TPSA) is 443 Å². The summed E-state index contributed by atoms with van der Waals surface area (Å²) < 4.78 is 23.6. The molecular formula is C81H118N14O19. The molecule has 0 aliphatic carbocycles. The Kier molecular flexibility index (Phi) is 32.3. The number of nitrogens with one attached hydrogen (secondary N) is 9. The van der Waals surface area contributed by atoms with Gasteiger partial charge in [0.25, 0.3) is 0 Å². The first kappa shape index (κ1) is 91.2. The summed E-state index contributed by atoms with van der Waals surface area (Å²) >= 11 is 0. The Labute approximate surface area is 666 Å². The van der Waals surface area contributed by atoms with Gasteiger partial charge in [0, 0.05) is 26.2 Å². The van der Waals surface area contributed by atoms with Crippen LogP contribution in [0.15, 0.2) is 91.0 Å². The first-order valence-electron chi connectivity index (χ1n) is 39.1. The molecule has 0 radical (unpaired) electrons. The van der Waals surface area contributed by atoms with Gasteiger partial charge >= 0.3 is 5.97 Å². The Morgan fingerprint density at radius 1 is 0.439 bits per heavy atom. The molecule has 4 aliphatic heterocycles. The van der Waals surface area contributed by atoms with Crippen molar-refractivity contribution >= 4 is 82.8 Å². The number of carboxylic acid groups (broad SMARTS) is 1. The number of hydrogen-bond donors (Lipinski definition) is 11. The summed E-state index contributed by atoms with van der Waals surface area (Å²) in [6, 6.07) is 15.5. The second-order valence-corrected chi connectivity index (χ2v) is 33.2. The summed E-state index contributed by atoms with van der Waals surface area (Å²) in [7, 11) is 0. The predicted molar refractivity (Wildman–Crippen MR) is 418 cm³/mol. The predicted octanol–water partition coefficient (Wildman–Crippen LogP) is 1.30. The number of carboxylic acids is 1. The molecule has 0 aromatic heterocycles.